The monoisotopic (exact) mass is 241 g/mol. The van der Waals surface area contributed by atoms with Gasteiger partial charge in [0.25, 0.3) is 0 Å². The Bertz CT molecular complexity index is 361. The minimum atomic E-state index is -0.357. The van der Waals surface area contributed by atoms with E-state index in [4.69, 9.17) is 9.47 Å². The maximum atomic E-state index is 13.1. The number of ether oxygens (including phenoxy) is 2. The fraction of sp³-hybridized carbons (Fsp3) is 0.538. The normalized spacial score (nSPS) is 11.4. The highest BCUT2D eigenvalue weighted by Crippen LogP contribution is 2.21. The van der Waals surface area contributed by atoms with E-state index in [-0.39, 0.29) is 17.2 Å². The van der Waals surface area contributed by atoms with Crippen LogP contribution in [-0.2, 0) is 4.74 Å². The van der Waals surface area contributed by atoms with Crippen molar-refractivity contribution in [3.05, 3.63) is 24.0 Å². The molecule has 0 aromatic heterocycles. The summed E-state index contributed by atoms with van der Waals surface area (Å²) < 4.78 is 23.6. The number of halogens is 1. The van der Waals surface area contributed by atoms with Crippen LogP contribution < -0.4 is 10.1 Å². The van der Waals surface area contributed by atoms with Gasteiger partial charge in [0.2, 0.25) is 0 Å². The lowest BCUT2D eigenvalue weighted by Crippen LogP contribution is -2.23. The minimum Gasteiger partial charge on any atom is -0.494 e. The standard InChI is InChI=1S/C13H20FNO2/c1-13(2,3)17-8-7-15-10-5-6-11(14)12(9-10)16-4/h5-6,9,15H,7-8H2,1-4H3. The van der Waals surface area contributed by atoms with Crippen molar-refractivity contribution in [1.29, 1.82) is 0 Å². The maximum absolute atomic E-state index is 13.1. The molecule has 0 amide bonds. The zero-order chi connectivity index (χ0) is 12.9. The van der Waals surface area contributed by atoms with Gasteiger partial charge < -0.3 is 14.8 Å². The Kier molecular flexibility index (Phi) is 4.75. The summed E-state index contributed by atoms with van der Waals surface area (Å²) in [6, 6.07) is 4.69. The van der Waals surface area contributed by atoms with Gasteiger partial charge in [-0.2, -0.15) is 0 Å². The third kappa shape index (κ3) is 5.04. The van der Waals surface area contributed by atoms with E-state index in [0.29, 0.717) is 13.2 Å². The summed E-state index contributed by atoms with van der Waals surface area (Å²) in [6.07, 6.45) is 0. The third-order valence-electron chi connectivity index (χ3n) is 2.12. The van der Waals surface area contributed by atoms with Crippen LogP contribution in [0.2, 0.25) is 0 Å². The summed E-state index contributed by atoms with van der Waals surface area (Å²) in [5.41, 5.74) is 0.683. The van der Waals surface area contributed by atoms with Crippen LogP contribution in [-0.4, -0.2) is 25.9 Å². The molecule has 0 fully saturated rings. The molecule has 1 aromatic carbocycles. The number of rotatable bonds is 5. The van der Waals surface area contributed by atoms with Crippen LogP contribution in [0, 0.1) is 5.82 Å². The van der Waals surface area contributed by atoms with Crippen LogP contribution >= 0.6 is 0 Å². The van der Waals surface area contributed by atoms with E-state index in [0.717, 1.165) is 5.69 Å². The quantitative estimate of drug-likeness (QED) is 0.804. The zero-order valence-corrected chi connectivity index (χ0v) is 10.8. The average molecular weight is 241 g/mol. The summed E-state index contributed by atoms with van der Waals surface area (Å²) in [5.74, 6) is -0.115. The molecule has 0 atom stereocenters. The lowest BCUT2D eigenvalue weighted by Gasteiger charge is -2.19. The molecule has 0 aliphatic carbocycles. The molecule has 4 heteroatoms. The molecular formula is C13H20FNO2. The first-order chi connectivity index (χ1) is 7.92. The first-order valence-electron chi connectivity index (χ1n) is 5.64. The molecule has 0 aliphatic rings. The van der Waals surface area contributed by atoms with Gasteiger partial charge in [0.15, 0.2) is 11.6 Å². The third-order valence-corrected chi connectivity index (χ3v) is 2.12. The van der Waals surface area contributed by atoms with Crippen molar-refractivity contribution in [2.24, 2.45) is 0 Å². The molecule has 0 spiro atoms. The smallest absolute Gasteiger partial charge is 0.165 e. The van der Waals surface area contributed by atoms with Crippen molar-refractivity contribution < 1.29 is 13.9 Å². The maximum Gasteiger partial charge on any atom is 0.165 e. The van der Waals surface area contributed by atoms with E-state index >= 15 is 0 Å². The Morgan fingerprint density at radius 2 is 2.00 bits per heavy atom. The molecule has 17 heavy (non-hydrogen) atoms. The largest absolute Gasteiger partial charge is 0.494 e. The molecule has 1 N–H and O–H groups in total. The van der Waals surface area contributed by atoms with Crippen LogP contribution in [0.3, 0.4) is 0 Å². The number of hydrogen-bond donors (Lipinski definition) is 1. The molecule has 3 nitrogen and oxygen atoms in total. The van der Waals surface area contributed by atoms with Gasteiger partial charge in [-0.15, -0.1) is 0 Å². The van der Waals surface area contributed by atoms with E-state index in [1.54, 1.807) is 12.1 Å². The molecule has 0 unspecified atom stereocenters. The number of nitrogens with one attached hydrogen (secondary N) is 1. The van der Waals surface area contributed by atoms with Gasteiger partial charge in [-0.05, 0) is 32.9 Å². The molecule has 0 saturated heterocycles. The molecule has 0 aliphatic heterocycles. The van der Waals surface area contributed by atoms with Crippen molar-refractivity contribution in [3.63, 3.8) is 0 Å². The average Bonchev–Trinajstić information content (AvgIpc) is 2.25. The molecule has 0 radical (unpaired) electrons. The van der Waals surface area contributed by atoms with Gasteiger partial charge in [0.1, 0.15) is 0 Å². The Labute approximate surface area is 102 Å². The highest BCUT2D eigenvalue weighted by Gasteiger charge is 2.09. The summed E-state index contributed by atoms with van der Waals surface area (Å²) in [4.78, 5) is 0. The first kappa shape index (κ1) is 13.8. The molecule has 96 valence electrons. The SMILES string of the molecule is COc1cc(NCCOC(C)(C)C)ccc1F. The fourth-order valence-corrected chi connectivity index (χ4v) is 1.32. The van der Waals surface area contributed by atoms with Crippen molar-refractivity contribution in [2.75, 3.05) is 25.6 Å². The second-order valence-corrected chi connectivity index (χ2v) is 4.74. The first-order valence-corrected chi connectivity index (χ1v) is 5.64. The van der Waals surface area contributed by atoms with Crippen LogP contribution in [0.4, 0.5) is 10.1 Å². The van der Waals surface area contributed by atoms with Crippen molar-refractivity contribution in [2.45, 2.75) is 26.4 Å². The van der Waals surface area contributed by atoms with E-state index in [2.05, 4.69) is 5.32 Å². The predicted octanol–water partition coefficient (Wildman–Crippen LogP) is 3.06. The zero-order valence-electron chi connectivity index (χ0n) is 10.8. The molecule has 1 rings (SSSR count). The van der Waals surface area contributed by atoms with Gasteiger partial charge in [0, 0.05) is 18.3 Å². The molecule has 0 heterocycles. The fourth-order valence-electron chi connectivity index (χ4n) is 1.32. The van der Waals surface area contributed by atoms with Crippen LogP contribution in [0.5, 0.6) is 5.75 Å². The lowest BCUT2D eigenvalue weighted by atomic mass is 10.2. The number of methoxy groups -OCH3 is 1. The predicted molar refractivity (Wildman–Crippen MR) is 67.1 cm³/mol. The van der Waals surface area contributed by atoms with Gasteiger partial charge in [0.05, 0.1) is 19.3 Å². The summed E-state index contributed by atoms with van der Waals surface area (Å²) in [5, 5.41) is 3.15. The van der Waals surface area contributed by atoms with Gasteiger partial charge in [-0.1, -0.05) is 0 Å². The van der Waals surface area contributed by atoms with E-state index < -0.39 is 0 Å². The Hall–Kier alpha value is -1.29. The Morgan fingerprint density at radius 1 is 1.29 bits per heavy atom. The number of benzene rings is 1. The van der Waals surface area contributed by atoms with Crippen LogP contribution in [0.25, 0.3) is 0 Å². The highest BCUT2D eigenvalue weighted by atomic mass is 19.1. The molecular weight excluding hydrogens is 221 g/mol. The topological polar surface area (TPSA) is 30.5 Å². The highest BCUT2D eigenvalue weighted by molar-refractivity contribution is 5.48. The minimum absolute atomic E-state index is 0.137. The number of hydrogen-bond acceptors (Lipinski definition) is 3. The Balaban J connectivity index is 2.42. The van der Waals surface area contributed by atoms with E-state index in [1.165, 1.54) is 13.2 Å². The molecule has 1 aromatic rings. The van der Waals surface area contributed by atoms with Crippen LogP contribution in [0.1, 0.15) is 20.8 Å². The van der Waals surface area contributed by atoms with E-state index in [9.17, 15) is 4.39 Å². The van der Waals surface area contributed by atoms with Crippen molar-refractivity contribution >= 4 is 5.69 Å². The number of anilines is 1. The summed E-state index contributed by atoms with van der Waals surface area (Å²) in [7, 11) is 1.45. The van der Waals surface area contributed by atoms with Crippen molar-refractivity contribution in [3.8, 4) is 5.75 Å². The second-order valence-electron chi connectivity index (χ2n) is 4.74. The summed E-state index contributed by atoms with van der Waals surface area (Å²) in [6.45, 7) is 7.30. The molecule has 0 bridgehead atoms. The second kappa shape index (κ2) is 5.87. The summed E-state index contributed by atoms with van der Waals surface area (Å²) >= 11 is 0. The van der Waals surface area contributed by atoms with Crippen molar-refractivity contribution in [1.82, 2.24) is 0 Å². The van der Waals surface area contributed by atoms with E-state index in [1.807, 2.05) is 20.8 Å². The van der Waals surface area contributed by atoms with Gasteiger partial charge in [-0.3, -0.25) is 0 Å². The van der Waals surface area contributed by atoms with Crippen LogP contribution in [0.15, 0.2) is 18.2 Å². The lowest BCUT2D eigenvalue weighted by molar-refractivity contribution is 0.00333. The van der Waals surface area contributed by atoms with Gasteiger partial charge in [-0.25, -0.2) is 4.39 Å². The van der Waals surface area contributed by atoms with Gasteiger partial charge >= 0.3 is 0 Å². The Morgan fingerprint density at radius 3 is 2.59 bits per heavy atom. The molecule has 0 saturated carbocycles.